The molecule has 0 aliphatic heterocycles. The average molecular weight is 588 g/mol. The maximum atomic E-state index is 13.7. The molecular formula is C33H34ClN3O3S. The molecule has 41 heavy (non-hydrogen) atoms. The van der Waals surface area contributed by atoms with E-state index in [0.717, 1.165) is 11.1 Å². The number of nitrogens with one attached hydrogen (secondary N) is 1. The number of sulfonamides is 1. The third kappa shape index (κ3) is 7.23. The summed E-state index contributed by atoms with van der Waals surface area (Å²) in [5.41, 5.74) is 7.88. The standard InChI is InChI=1S/C33H34ClN3O3S/c1-23-11-20-29(34)21-31(23)37(41(39,40)30-9-7-6-8-10-30)22-25-12-14-27(15-13-25)32(38)36-35-24(2)26-16-18-28(19-17-26)33(3,4)5/h6-21H,22H2,1-5H3,(H,36,38)/b35-24-. The van der Waals surface area contributed by atoms with Crippen molar-refractivity contribution in [3.8, 4) is 0 Å². The molecular weight excluding hydrogens is 554 g/mol. The molecule has 0 bridgehead atoms. The zero-order valence-corrected chi connectivity index (χ0v) is 25.4. The number of carbonyl (C=O) groups is 1. The van der Waals surface area contributed by atoms with E-state index in [2.05, 4.69) is 43.4 Å². The van der Waals surface area contributed by atoms with E-state index in [9.17, 15) is 13.2 Å². The van der Waals surface area contributed by atoms with Crippen LogP contribution < -0.4 is 9.73 Å². The molecule has 0 saturated carbocycles. The number of aryl methyl sites for hydroxylation is 1. The molecule has 0 aliphatic rings. The summed E-state index contributed by atoms with van der Waals surface area (Å²) >= 11 is 6.25. The van der Waals surface area contributed by atoms with Gasteiger partial charge in [-0.2, -0.15) is 5.10 Å². The number of amides is 1. The fraction of sp³-hybridized carbons (Fsp3) is 0.212. The quantitative estimate of drug-likeness (QED) is 0.171. The van der Waals surface area contributed by atoms with Gasteiger partial charge in [0.05, 0.1) is 22.8 Å². The summed E-state index contributed by atoms with van der Waals surface area (Å²) in [6, 6.07) is 28.4. The van der Waals surface area contributed by atoms with E-state index in [0.29, 0.717) is 27.5 Å². The van der Waals surface area contributed by atoms with Gasteiger partial charge in [-0.15, -0.1) is 0 Å². The van der Waals surface area contributed by atoms with Crippen LogP contribution in [0.25, 0.3) is 0 Å². The predicted molar refractivity (Wildman–Crippen MR) is 167 cm³/mol. The van der Waals surface area contributed by atoms with E-state index < -0.39 is 10.0 Å². The number of rotatable bonds is 8. The maximum Gasteiger partial charge on any atom is 0.271 e. The lowest BCUT2D eigenvalue weighted by Gasteiger charge is -2.26. The van der Waals surface area contributed by atoms with Crippen molar-refractivity contribution in [2.45, 2.75) is 51.5 Å². The van der Waals surface area contributed by atoms with Crippen LogP contribution >= 0.6 is 11.6 Å². The van der Waals surface area contributed by atoms with E-state index in [-0.39, 0.29) is 22.8 Å². The second-order valence-corrected chi connectivity index (χ2v) is 13.2. The minimum atomic E-state index is -3.90. The van der Waals surface area contributed by atoms with Gasteiger partial charge in [0.2, 0.25) is 0 Å². The number of halogens is 1. The Morgan fingerprint density at radius 3 is 2.10 bits per heavy atom. The first-order valence-electron chi connectivity index (χ1n) is 13.2. The molecule has 0 aliphatic carbocycles. The van der Waals surface area contributed by atoms with Crippen molar-refractivity contribution < 1.29 is 13.2 Å². The average Bonchev–Trinajstić information content (AvgIpc) is 2.96. The van der Waals surface area contributed by atoms with Crippen LogP contribution in [0, 0.1) is 6.92 Å². The summed E-state index contributed by atoms with van der Waals surface area (Å²) in [4.78, 5) is 13.0. The van der Waals surface area contributed by atoms with Crippen molar-refractivity contribution in [1.82, 2.24) is 5.43 Å². The molecule has 1 N–H and O–H groups in total. The Balaban J connectivity index is 1.53. The van der Waals surface area contributed by atoms with Crippen molar-refractivity contribution in [2.75, 3.05) is 4.31 Å². The molecule has 0 spiro atoms. The van der Waals surface area contributed by atoms with Crippen LogP contribution in [-0.2, 0) is 22.0 Å². The monoisotopic (exact) mass is 587 g/mol. The number of nitrogens with zero attached hydrogens (tertiary/aromatic N) is 2. The highest BCUT2D eigenvalue weighted by atomic mass is 35.5. The Morgan fingerprint density at radius 2 is 1.49 bits per heavy atom. The molecule has 0 atom stereocenters. The molecule has 6 nitrogen and oxygen atoms in total. The van der Waals surface area contributed by atoms with Gasteiger partial charge in [-0.3, -0.25) is 9.10 Å². The van der Waals surface area contributed by atoms with Crippen LogP contribution in [0.15, 0.2) is 107 Å². The van der Waals surface area contributed by atoms with Gasteiger partial charge in [0.15, 0.2) is 0 Å². The van der Waals surface area contributed by atoms with E-state index in [4.69, 9.17) is 11.6 Å². The number of hydrogen-bond acceptors (Lipinski definition) is 4. The minimum Gasteiger partial charge on any atom is -0.267 e. The zero-order valence-electron chi connectivity index (χ0n) is 23.9. The van der Waals surface area contributed by atoms with Gasteiger partial charge in [-0.1, -0.05) is 93.0 Å². The fourth-order valence-electron chi connectivity index (χ4n) is 4.27. The second-order valence-electron chi connectivity index (χ2n) is 10.9. The predicted octanol–water partition coefficient (Wildman–Crippen LogP) is 7.50. The molecule has 212 valence electrons. The van der Waals surface area contributed by atoms with Crippen LogP contribution in [0.2, 0.25) is 5.02 Å². The number of hydrogen-bond donors (Lipinski definition) is 1. The van der Waals surface area contributed by atoms with E-state index in [1.54, 1.807) is 72.8 Å². The SMILES string of the molecule is C/C(=N/NC(=O)c1ccc(CN(c2cc(Cl)ccc2C)S(=O)(=O)c2ccccc2)cc1)c1ccc(C(C)(C)C)cc1. The van der Waals surface area contributed by atoms with Gasteiger partial charge in [0.25, 0.3) is 15.9 Å². The van der Waals surface area contributed by atoms with Crippen LogP contribution in [0.5, 0.6) is 0 Å². The normalized spacial score (nSPS) is 12.2. The number of hydrazone groups is 1. The Hall–Kier alpha value is -3.94. The number of anilines is 1. The fourth-order valence-corrected chi connectivity index (χ4v) is 5.97. The van der Waals surface area contributed by atoms with Gasteiger partial charge >= 0.3 is 0 Å². The van der Waals surface area contributed by atoms with Crippen molar-refractivity contribution >= 4 is 38.9 Å². The Morgan fingerprint density at radius 1 is 0.878 bits per heavy atom. The third-order valence-corrected chi connectivity index (χ3v) is 8.82. The Bertz CT molecular complexity index is 1660. The highest BCUT2D eigenvalue weighted by molar-refractivity contribution is 7.92. The first-order valence-corrected chi connectivity index (χ1v) is 15.1. The molecule has 0 saturated heterocycles. The maximum absolute atomic E-state index is 13.7. The van der Waals surface area contributed by atoms with E-state index in [1.165, 1.54) is 9.87 Å². The van der Waals surface area contributed by atoms with Crippen molar-refractivity contribution in [3.63, 3.8) is 0 Å². The van der Waals surface area contributed by atoms with E-state index >= 15 is 0 Å². The largest absolute Gasteiger partial charge is 0.271 e. The molecule has 0 fully saturated rings. The van der Waals surface area contributed by atoms with Crippen LogP contribution in [-0.4, -0.2) is 20.0 Å². The lowest BCUT2D eigenvalue weighted by molar-refractivity contribution is 0.0955. The van der Waals surface area contributed by atoms with Gasteiger partial charge in [0, 0.05) is 10.6 Å². The molecule has 4 aromatic carbocycles. The van der Waals surface area contributed by atoms with Crippen LogP contribution in [0.1, 0.15) is 60.3 Å². The smallest absolute Gasteiger partial charge is 0.267 e. The summed E-state index contributed by atoms with van der Waals surface area (Å²) < 4.78 is 28.8. The molecule has 0 radical (unpaired) electrons. The van der Waals surface area contributed by atoms with Crippen molar-refractivity contribution in [2.24, 2.45) is 5.10 Å². The Labute approximate surface area is 247 Å². The molecule has 4 aromatic rings. The van der Waals surface area contributed by atoms with Gasteiger partial charge in [-0.05, 0) is 77.9 Å². The summed E-state index contributed by atoms with van der Waals surface area (Å²) in [6.45, 7) is 10.2. The molecule has 1 amide bonds. The van der Waals surface area contributed by atoms with Crippen LogP contribution in [0.3, 0.4) is 0 Å². The number of benzene rings is 4. The first-order chi connectivity index (χ1) is 19.4. The molecule has 0 heterocycles. The summed E-state index contributed by atoms with van der Waals surface area (Å²) in [5, 5.41) is 4.71. The van der Waals surface area contributed by atoms with Crippen molar-refractivity contribution in [3.05, 3.63) is 130 Å². The summed E-state index contributed by atoms with van der Waals surface area (Å²) in [6.07, 6.45) is 0. The van der Waals surface area contributed by atoms with E-state index in [1.807, 2.05) is 26.0 Å². The third-order valence-electron chi connectivity index (χ3n) is 6.81. The lowest BCUT2D eigenvalue weighted by atomic mass is 9.86. The summed E-state index contributed by atoms with van der Waals surface area (Å²) in [5.74, 6) is -0.360. The topological polar surface area (TPSA) is 78.8 Å². The zero-order chi connectivity index (χ0) is 29.8. The van der Waals surface area contributed by atoms with Crippen LogP contribution in [0.4, 0.5) is 5.69 Å². The molecule has 0 unspecified atom stereocenters. The highest BCUT2D eigenvalue weighted by Gasteiger charge is 2.26. The lowest BCUT2D eigenvalue weighted by Crippen LogP contribution is -2.31. The number of carbonyl (C=O) groups excluding carboxylic acids is 1. The van der Waals surface area contributed by atoms with Gasteiger partial charge in [-0.25, -0.2) is 13.8 Å². The Kier molecular flexibility index (Phi) is 9.00. The van der Waals surface area contributed by atoms with Gasteiger partial charge in [0.1, 0.15) is 0 Å². The molecule has 0 aromatic heterocycles. The minimum absolute atomic E-state index is 0.0553. The molecule has 4 rings (SSSR count). The molecule has 8 heteroatoms. The van der Waals surface area contributed by atoms with Gasteiger partial charge < -0.3 is 0 Å². The summed E-state index contributed by atoms with van der Waals surface area (Å²) in [7, 11) is -3.90. The highest BCUT2D eigenvalue weighted by Crippen LogP contribution is 2.31. The first kappa shape index (κ1) is 30.0. The second kappa shape index (κ2) is 12.3. The van der Waals surface area contributed by atoms with Crippen molar-refractivity contribution in [1.29, 1.82) is 0 Å².